The van der Waals surface area contributed by atoms with Gasteiger partial charge in [-0.2, -0.15) is 0 Å². The normalized spacial score (nSPS) is 10.0. The highest BCUT2D eigenvalue weighted by Gasteiger charge is 1.95. The smallest absolute Gasteiger partial charge is 0.240 e. The van der Waals surface area contributed by atoms with Crippen molar-refractivity contribution in [3.05, 3.63) is 37.4 Å². The van der Waals surface area contributed by atoms with Crippen molar-refractivity contribution in [1.82, 2.24) is 9.13 Å². The molecule has 2 aromatic heterocycles. The second kappa shape index (κ2) is 7.69. The van der Waals surface area contributed by atoms with Crippen LogP contribution in [-0.4, -0.2) is 9.13 Å². The van der Waals surface area contributed by atoms with Gasteiger partial charge in [0.15, 0.2) is 0 Å². The second-order valence-corrected chi connectivity index (χ2v) is 4.63. The fourth-order valence-electron chi connectivity index (χ4n) is 1.78. The molecule has 0 fully saturated rings. The van der Waals surface area contributed by atoms with Crippen molar-refractivity contribution in [2.24, 2.45) is 14.1 Å². The topological polar surface area (TPSA) is 17.6 Å². The van der Waals surface area contributed by atoms with E-state index in [1.165, 1.54) is 12.8 Å². The van der Waals surface area contributed by atoms with Gasteiger partial charge in [0.2, 0.25) is 12.7 Å². The van der Waals surface area contributed by atoms with E-state index >= 15 is 0 Å². The van der Waals surface area contributed by atoms with Crippen LogP contribution < -0.4 is 9.13 Å². The van der Waals surface area contributed by atoms with E-state index < -0.39 is 0 Å². The van der Waals surface area contributed by atoms with Crippen LogP contribution in [0.2, 0.25) is 0 Å². The molecule has 0 radical (unpaired) electrons. The fourth-order valence-corrected chi connectivity index (χ4v) is 1.78. The Morgan fingerprint density at radius 1 is 0.778 bits per heavy atom. The van der Waals surface area contributed by atoms with Gasteiger partial charge in [0.05, 0.1) is 27.2 Å². The highest BCUT2D eigenvalue weighted by molar-refractivity contribution is 4.65. The highest BCUT2D eigenvalue weighted by Crippen LogP contribution is 1.86. The summed E-state index contributed by atoms with van der Waals surface area (Å²) in [4.78, 5) is 0. The molecule has 100 valence electrons. The summed E-state index contributed by atoms with van der Waals surface area (Å²) in [7, 11) is 4.07. The summed E-state index contributed by atoms with van der Waals surface area (Å²) >= 11 is 0. The Hall–Kier alpha value is -1.58. The average Bonchev–Trinajstić information content (AvgIpc) is 2.90. The van der Waals surface area contributed by atoms with Crippen molar-refractivity contribution in [1.29, 1.82) is 0 Å². The molecule has 0 aliphatic carbocycles. The molecule has 0 aromatic carbocycles. The molecule has 0 bridgehead atoms. The standard InChI is InChI=1S/2C7H13N2/c2*1-3-4-9-6-5-8(2)7-9/h2*5-7H,3-4H2,1-2H3/q2*+1. The van der Waals surface area contributed by atoms with Crippen LogP contribution in [0.1, 0.15) is 26.7 Å². The lowest BCUT2D eigenvalue weighted by Crippen LogP contribution is -2.23. The maximum absolute atomic E-state index is 2.18. The van der Waals surface area contributed by atoms with E-state index in [1.54, 1.807) is 0 Å². The maximum Gasteiger partial charge on any atom is 0.243 e. The van der Waals surface area contributed by atoms with Crippen LogP contribution in [0.4, 0.5) is 0 Å². The van der Waals surface area contributed by atoms with Gasteiger partial charge in [-0.1, -0.05) is 13.8 Å². The zero-order chi connectivity index (χ0) is 13.4. The maximum atomic E-state index is 2.18. The molecule has 0 saturated carbocycles. The largest absolute Gasteiger partial charge is 0.243 e. The Morgan fingerprint density at radius 3 is 1.39 bits per heavy atom. The molecule has 0 unspecified atom stereocenters. The van der Waals surface area contributed by atoms with Gasteiger partial charge in [0, 0.05) is 0 Å². The number of aromatic nitrogens is 4. The molecule has 18 heavy (non-hydrogen) atoms. The number of hydrogen-bond acceptors (Lipinski definition) is 0. The van der Waals surface area contributed by atoms with Gasteiger partial charge in [0.25, 0.3) is 0 Å². The number of imidazole rings is 2. The van der Waals surface area contributed by atoms with Gasteiger partial charge in [0.1, 0.15) is 24.8 Å². The van der Waals surface area contributed by atoms with Gasteiger partial charge in [-0.3, -0.25) is 0 Å². The molecule has 4 nitrogen and oxygen atoms in total. The summed E-state index contributed by atoms with van der Waals surface area (Å²) in [6.45, 7) is 6.61. The fraction of sp³-hybridized carbons (Fsp3) is 0.571. The first-order valence-corrected chi connectivity index (χ1v) is 6.67. The molecule has 0 aliphatic rings. The molecule has 0 aliphatic heterocycles. The van der Waals surface area contributed by atoms with E-state index in [4.69, 9.17) is 0 Å². The third-order valence-corrected chi connectivity index (χ3v) is 2.61. The molecule has 0 spiro atoms. The Balaban J connectivity index is 0.000000180. The Bertz CT molecular complexity index is 400. The first-order chi connectivity index (χ1) is 8.65. The van der Waals surface area contributed by atoms with E-state index in [0.29, 0.717) is 0 Å². The van der Waals surface area contributed by atoms with Gasteiger partial charge < -0.3 is 0 Å². The van der Waals surface area contributed by atoms with Crippen molar-refractivity contribution in [2.45, 2.75) is 39.8 Å². The molecule has 0 N–H and O–H groups in total. The van der Waals surface area contributed by atoms with E-state index in [9.17, 15) is 0 Å². The predicted molar refractivity (Wildman–Crippen MR) is 71.8 cm³/mol. The summed E-state index contributed by atoms with van der Waals surface area (Å²) in [5.41, 5.74) is 0. The highest BCUT2D eigenvalue weighted by atomic mass is 15.1. The van der Waals surface area contributed by atoms with Crippen LogP contribution in [0.3, 0.4) is 0 Å². The number of aryl methyl sites for hydroxylation is 4. The first kappa shape index (κ1) is 14.5. The summed E-state index contributed by atoms with van der Waals surface area (Å²) in [5, 5.41) is 0. The Kier molecular flexibility index (Phi) is 6.19. The average molecular weight is 250 g/mol. The molecular formula is C14H26N4+2. The van der Waals surface area contributed by atoms with Gasteiger partial charge >= 0.3 is 0 Å². The molecule has 2 rings (SSSR count). The van der Waals surface area contributed by atoms with Gasteiger partial charge in [-0.05, 0) is 12.8 Å². The van der Waals surface area contributed by atoms with Crippen LogP contribution in [-0.2, 0) is 27.2 Å². The minimum Gasteiger partial charge on any atom is -0.240 e. The molecular weight excluding hydrogens is 224 g/mol. The van der Waals surface area contributed by atoms with E-state index in [-0.39, 0.29) is 0 Å². The summed E-state index contributed by atoms with van der Waals surface area (Å²) in [6.07, 6.45) is 14.9. The lowest BCUT2D eigenvalue weighted by atomic mass is 10.5. The van der Waals surface area contributed by atoms with Crippen LogP contribution in [0.15, 0.2) is 37.4 Å². The second-order valence-electron chi connectivity index (χ2n) is 4.63. The van der Waals surface area contributed by atoms with Crippen LogP contribution >= 0.6 is 0 Å². The van der Waals surface area contributed by atoms with E-state index in [1.807, 2.05) is 14.1 Å². The first-order valence-electron chi connectivity index (χ1n) is 6.67. The summed E-state index contributed by atoms with van der Waals surface area (Å²) in [6, 6.07) is 0. The van der Waals surface area contributed by atoms with Crippen LogP contribution in [0.25, 0.3) is 0 Å². The molecule has 2 heterocycles. The minimum atomic E-state index is 1.13. The third kappa shape index (κ3) is 5.17. The van der Waals surface area contributed by atoms with Gasteiger partial charge in [-0.25, -0.2) is 18.3 Å². The summed E-state index contributed by atoms with van der Waals surface area (Å²) < 4.78 is 8.46. The molecule has 0 saturated heterocycles. The monoisotopic (exact) mass is 250 g/mol. The number of hydrogen-bond donors (Lipinski definition) is 0. The quantitative estimate of drug-likeness (QED) is 0.731. The minimum absolute atomic E-state index is 1.13. The van der Waals surface area contributed by atoms with E-state index in [0.717, 1.165) is 13.1 Å². The molecule has 0 amide bonds. The van der Waals surface area contributed by atoms with Gasteiger partial charge in [-0.15, -0.1) is 0 Å². The third-order valence-electron chi connectivity index (χ3n) is 2.61. The molecule has 2 aromatic rings. The molecule has 0 atom stereocenters. The van der Waals surface area contributed by atoms with E-state index in [2.05, 4.69) is 69.6 Å². The van der Waals surface area contributed by atoms with Crippen molar-refractivity contribution in [2.75, 3.05) is 0 Å². The lowest BCUT2D eigenvalue weighted by molar-refractivity contribution is -0.671. The Morgan fingerprint density at radius 2 is 1.17 bits per heavy atom. The van der Waals surface area contributed by atoms with Crippen molar-refractivity contribution < 1.29 is 9.13 Å². The molecule has 4 heteroatoms. The van der Waals surface area contributed by atoms with Crippen LogP contribution in [0, 0.1) is 0 Å². The van der Waals surface area contributed by atoms with Crippen LogP contribution in [0.5, 0.6) is 0 Å². The van der Waals surface area contributed by atoms with Crippen molar-refractivity contribution >= 4 is 0 Å². The predicted octanol–water partition coefficient (Wildman–Crippen LogP) is 1.45. The zero-order valence-corrected chi connectivity index (χ0v) is 12.1. The zero-order valence-electron chi connectivity index (χ0n) is 12.1. The van der Waals surface area contributed by atoms with Crippen molar-refractivity contribution in [3.63, 3.8) is 0 Å². The number of nitrogens with zero attached hydrogens (tertiary/aromatic N) is 4. The SMILES string of the molecule is CCCn1cc[n+](C)c1.CCCn1cc[n+](C)c1. The lowest BCUT2D eigenvalue weighted by Gasteiger charge is -1.86. The summed E-state index contributed by atoms with van der Waals surface area (Å²) in [5.74, 6) is 0. The Labute approximate surface area is 110 Å². The number of rotatable bonds is 4. The van der Waals surface area contributed by atoms with Crippen molar-refractivity contribution in [3.8, 4) is 0 Å².